The number of anilines is 1. The fourth-order valence-electron chi connectivity index (χ4n) is 5.26. The Morgan fingerprint density at radius 3 is 2.66 bits per heavy atom. The number of hydrogen-bond donors (Lipinski definition) is 2. The summed E-state index contributed by atoms with van der Waals surface area (Å²) in [6.07, 6.45) is 9.26. The van der Waals surface area contributed by atoms with Crippen molar-refractivity contribution in [3.05, 3.63) is 47.7 Å². The Morgan fingerprint density at radius 1 is 1.17 bits per heavy atom. The molecule has 4 heterocycles. The summed E-state index contributed by atoms with van der Waals surface area (Å²) in [4.78, 5) is 15.3. The molecule has 0 radical (unpaired) electrons. The first kappa shape index (κ1) is 21.5. The van der Waals surface area contributed by atoms with Crippen LogP contribution in [0.1, 0.15) is 18.4 Å². The molecule has 7 nitrogen and oxygen atoms in total. The topological polar surface area (TPSA) is 83.4 Å². The second-order valence-electron chi connectivity index (χ2n) is 8.92. The second-order valence-corrected chi connectivity index (χ2v) is 8.92. The molecule has 0 amide bonds. The molecule has 6 rings (SSSR count). The number of pyridine rings is 1. The number of nitrogens with one attached hydrogen (secondary N) is 1. The van der Waals surface area contributed by atoms with Crippen LogP contribution in [-0.2, 0) is 0 Å². The summed E-state index contributed by atoms with van der Waals surface area (Å²) >= 11 is 0. The molecule has 0 aliphatic carbocycles. The van der Waals surface area contributed by atoms with Crippen LogP contribution in [0.4, 0.5) is 14.6 Å². The molecule has 4 aromatic rings. The predicted molar refractivity (Wildman–Crippen MR) is 129 cm³/mol. The average molecular weight is 473 g/mol. The number of rotatable bonds is 3. The van der Waals surface area contributed by atoms with Gasteiger partial charge in [0.05, 0.1) is 18.1 Å². The summed E-state index contributed by atoms with van der Waals surface area (Å²) in [6.45, 7) is 1.47. The maximum atomic E-state index is 16.1. The number of aromatic hydroxyl groups is 1. The largest absolute Gasteiger partial charge is 0.508 e. The summed E-state index contributed by atoms with van der Waals surface area (Å²) in [5.41, 5.74) is 0.0627. The normalized spacial score (nSPS) is 19.3. The minimum atomic E-state index is -0.735. The molecule has 2 unspecified atom stereocenters. The van der Waals surface area contributed by atoms with Crippen molar-refractivity contribution in [2.24, 2.45) is 0 Å². The Balaban J connectivity index is 1.59. The van der Waals surface area contributed by atoms with Gasteiger partial charge in [0, 0.05) is 42.3 Å². The minimum Gasteiger partial charge on any atom is -0.508 e. The number of nitrogens with zero attached hydrogens (tertiary/aromatic N) is 4. The number of aromatic nitrogens is 3. The minimum absolute atomic E-state index is 0.0258. The SMILES string of the molecule is C#Cc1c(F)ccc2cc(O)cc(-c3ncc4c(N5CC6CCC(C5)N6)nc(OC)nc4c3F)c12. The van der Waals surface area contributed by atoms with Gasteiger partial charge in [0.2, 0.25) is 0 Å². The lowest BCUT2D eigenvalue weighted by Gasteiger charge is -2.34. The fraction of sp³-hybridized carbons (Fsp3) is 0.269. The molecular formula is C26H21F2N5O2. The van der Waals surface area contributed by atoms with Gasteiger partial charge in [0.1, 0.15) is 28.6 Å². The summed E-state index contributed by atoms with van der Waals surface area (Å²) in [5.74, 6) is 1.42. The Bertz CT molecular complexity index is 1540. The summed E-state index contributed by atoms with van der Waals surface area (Å²) in [7, 11) is 1.43. The quantitative estimate of drug-likeness (QED) is 0.439. The van der Waals surface area contributed by atoms with E-state index >= 15 is 4.39 Å². The fourth-order valence-corrected chi connectivity index (χ4v) is 5.26. The summed E-state index contributed by atoms with van der Waals surface area (Å²) in [5, 5.41) is 15.1. The lowest BCUT2D eigenvalue weighted by molar-refractivity contribution is 0.380. The molecule has 2 bridgehead atoms. The summed E-state index contributed by atoms with van der Waals surface area (Å²) in [6, 6.07) is 6.19. The maximum absolute atomic E-state index is 16.1. The van der Waals surface area contributed by atoms with E-state index in [4.69, 9.17) is 11.2 Å². The molecule has 2 aliphatic heterocycles. The van der Waals surface area contributed by atoms with E-state index in [0.717, 1.165) is 25.9 Å². The summed E-state index contributed by atoms with van der Waals surface area (Å²) < 4.78 is 35.9. The van der Waals surface area contributed by atoms with E-state index in [0.29, 0.717) is 28.7 Å². The standard InChI is InChI=1S/C26H21F2N5O2/c1-3-17-20(27)7-4-13-8-16(34)9-18(21(13)17)23-22(28)24-19(10-29-23)25(32-26(31-24)35-2)33-11-14-5-6-15(12-33)30-14/h1,4,7-10,14-15,30,34H,5-6,11-12H2,2H3. The van der Waals surface area contributed by atoms with Crippen LogP contribution in [0.25, 0.3) is 32.9 Å². The van der Waals surface area contributed by atoms with Gasteiger partial charge in [-0.05, 0) is 36.4 Å². The van der Waals surface area contributed by atoms with Crippen LogP contribution in [0.15, 0.2) is 30.5 Å². The van der Waals surface area contributed by atoms with E-state index in [1.54, 1.807) is 0 Å². The highest BCUT2D eigenvalue weighted by atomic mass is 19.1. The molecule has 35 heavy (non-hydrogen) atoms. The molecule has 2 aromatic heterocycles. The highest BCUT2D eigenvalue weighted by Gasteiger charge is 2.34. The van der Waals surface area contributed by atoms with Crippen molar-refractivity contribution in [2.75, 3.05) is 25.1 Å². The number of benzene rings is 2. The third-order valence-corrected chi connectivity index (χ3v) is 6.79. The smallest absolute Gasteiger partial charge is 0.318 e. The number of fused-ring (bicyclic) bond motifs is 4. The number of terminal acetylenes is 1. The lowest BCUT2D eigenvalue weighted by atomic mass is 9.96. The van der Waals surface area contributed by atoms with Crippen molar-refractivity contribution >= 4 is 27.5 Å². The Hall–Kier alpha value is -4.03. The highest BCUT2D eigenvalue weighted by Crippen LogP contribution is 2.39. The van der Waals surface area contributed by atoms with E-state index < -0.39 is 11.6 Å². The molecular weight excluding hydrogens is 452 g/mol. The van der Waals surface area contributed by atoms with Crippen molar-refractivity contribution in [1.82, 2.24) is 20.3 Å². The second kappa shape index (κ2) is 8.03. The molecule has 0 saturated carbocycles. The number of hydrogen-bond acceptors (Lipinski definition) is 7. The van der Waals surface area contributed by atoms with Gasteiger partial charge in [0.15, 0.2) is 5.82 Å². The molecule has 9 heteroatoms. The van der Waals surface area contributed by atoms with Gasteiger partial charge in [-0.3, -0.25) is 4.98 Å². The number of ether oxygens (including phenoxy) is 1. The predicted octanol–water partition coefficient (Wildman–Crippen LogP) is 3.76. The first-order valence-corrected chi connectivity index (χ1v) is 11.3. The molecule has 2 atom stereocenters. The van der Waals surface area contributed by atoms with Crippen LogP contribution in [0, 0.1) is 24.0 Å². The van der Waals surface area contributed by atoms with Crippen molar-refractivity contribution in [3.63, 3.8) is 0 Å². The Kier molecular flexibility index (Phi) is 4.93. The first-order valence-electron chi connectivity index (χ1n) is 11.3. The molecule has 2 N–H and O–H groups in total. The molecule has 2 fully saturated rings. The third kappa shape index (κ3) is 3.41. The van der Waals surface area contributed by atoms with Crippen molar-refractivity contribution in [3.8, 4) is 35.4 Å². The van der Waals surface area contributed by atoms with Crippen LogP contribution in [-0.4, -0.2) is 52.3 Å². The monoisotopic (exact) mass is 473 g/mol. The van der Waals surface area contributed by atoms with Crippen LogP contribution >= 0.6 is 0 Å². The van der Waals surface area contributed by atoms with E-state index in [1.807, 2.05) is 0 Å². The highest BCUT2D eigenvalue weighted by molar-refractivity contribution is 6.03. The van der Waals surface area contributed by atoms with Crippen LogP contribution in [0.5, 0.6) is 11.8 Å². The molecule has 2 aliphatic rings. The van der Waals surface area contributed by atoms with E-state index in [9.17, 15) is 9.50 Å². The molecule has 2 saturated heterocycles. The van der Waals surface area contributed by atoms with Gasteiger partial charge in [0.25, 0.3) is 0 Å². The van der Waals surface area contributed by atoms with Crippen molar-refractivity contribution in [1.29, 1.82) is 0 Å². The van der Waals surface area contributed by atoms with Crippen LogP contribution in [0.3, 0.4) is 0 Å². The van der Waals surface area contributed by atoms with Gasteiger partial charge < -0.3 is 20.1 Å². The van der Waals surface area contributed by atoms with Gasteiger partial charge in [-0.2, -0.15) is 9.97 Å². The Morgan fingerprint density at radius 2 is 1.94 bits per heavy atom. The molecule has 0 spiro atoms. The average Bonchev–Trinajstić information content (AvgIpc) is 3.20. The van der Waals surface area contributed by atoms with Crippen LogP contribution < -0.4 is 15.0 Å². The van der Waals surface area contributed by atoms with Crippen molar-refractivity contribution in [2.45, 2.75) is 24.9 Å². The number of halogens is 2. The maximum Gasteiger partial charge on any atom is 0.318 e. The van der Waals surface area contributed by atoms with E-state index in [1.165, 1.54) is 37.6 Å². The zero-order chi connectivity index (χ0) is 24.3. The zero-order valence-electron chi connectivity index (χ0n) is 18.8. The number of piperazine rings is 1. The first-order chi connectivity index (χ1) is 17.0. The number of phenols is 1. The Labute approximate surface area is 199 Å². The van der Waals surface area contributed by atoms with Gasteiger partial charge in [-0.25, -0.2) is 8.78 Å². The molecule has 176 valence electrons. The lowest BCUT2D eigenvalue weighted by Crippen LogP contribution is -2.51. The van der Waals surface area contributed by atoms with Crippen molar-refractivity contribution < 1.29 is 18.6 Å². The number of phenolic OH excluding ortho intramolecular Hbond substituents is 1. The van der Waals surface area contributed by atoms with Gasteiger partial charge in [-0.15, -0.1) is 6.42 Å². The van der Waals surface area contributed by atoms with Gasteiger partial charge in [-0.1, -0.05) is 12.0 Å². The van der Waals surface area contributed by atoms with Gasteiger partial charge >= 0.3 is 6.01 Å². The third-order valence-electron chi connectivity index (χ3n) is 6.79. The zero-order valence-corrected chi connectivity index (χ0v) is 18.8. The van der Waals surface area contributed by atoms with Crippen LogP contribution in [0.2, 0.25) is 0 Å². The molecule has 2 aromatic carbocycles. The number of methoxy groups -OCH3 is 1. The van der Waals surface area contributed by atoms with E-state index in [2.05, 4.69) is 31.1 Å². The van der Waals surface area contributed by atoms with E-state index in [-0.39, 0.29) is 39.5 Å².